The van der Waals surface area contributed by atoms with Crippen molar-refractivity contribution in [3.63, 3.8) is 0 Å². The lowest BCUT2D eigenvalue weighted by Gasteiger charge is -2.41. The smallest absolute Gasteiger partial charge is 0.132 e. The number of piperazine rings is 1. The molecule has 0 saturated carbocycles. The SMILES string of the molecule is CC[C@H]1CN(CC)CCN1c1ccnc(C)n1. The summed E-state index contributed by atoms with van der Waals surface area (Å²) in [5.74, 6) is 1.94. The Labute approximate surface area is 104 Å². The van der Waals surface area contributed by atoms with Gasteiger partial charge in [0, 0.05) is 31.9 Å². The number of hydrogen-bond donors (Lipinski definition) is 0. The molecule has 17 heavy (non-hydrogen) atoms. The molecule has 94 valence electrons. The molecule has 0 N–H and O–H groups in total. The van der Waals surface area contributed by atoms with Gasteiger partial charge >= 0.3 is 0 Å². The monoisotopic (exact) mass is 234 g/mol. The minimum Gasteiger partial charge on any atom is -0.351 e. The molecule has 0 amide bonds. The fraction of sp³-hybridized carbons (Fsp3) is 0.692. The van der Waals surface area contributed by atoms with E-state index in [2.05, 4.69) is 33.6 Å². The molecule has 0 bridgehead atoms. The first kappa shape index (κ1) is 12.3. The first-order valence-corrected chi connectivity index (χ1v) is 6.53. The standard InChI is InChI=1S/C13H22N4/c1-4-12-10-16(5-2)8-9-17(12)13-6-7-14-11(3)15-13/h6-7,12H,4-5,8-10H2,1-3H3/t12-/m0/s1. The average molecular weight is 234 g/mol. The molecule has 1 aromatic rings. The highest BCUT2D eigenvalue weighted by Crippen LogP contribution is 2.19. The quantitative estimate of drug-likeness (QED) is 0.797. The van der Waals surface area contributed by atoms with Crippen molar-refractivity contribution in [3.8, 4) is 0 Å². The Morgan fingerprint density at radius 1 is 1.35 bits per heavy atom. The van der Waals surface area contributed by atoms with Gasteiger partial charge in [-0.2, -0.15) is 0 Å². The maximum absolute atomic E-state index is 4.54. The minimum absolute atomic E-state index is 0.581. The van der Waals surface area contributed by atoms with Gasteiger partial charge in [0.15, 0.2) is 0 Å². The molecule has 1 aliphatic heterocycles. The van der Waals surface area contributed by atoms with Crippen LogP contribution in [0.15, 0.2) is 12.3 Å². The molecule has 2 heterocycles. The van der Waals surface area contributed by atoms with Gasteiger partial charge in [-0.25, -0.2) is 9.97 Å². The third-order valence-corrected chi connectivity index (χ3v) is 3.54. The van der Waals surface area contributed by atoms with Crippen LogP contribution < -0.4 is 4.90 Å². The van der Waals surface area contributed by atoms with E-state index in [1.807, 2.05) is 19.2 Å². The number of anilines is 1. The zero-order chi connectivity index (χ0) is 12.3. The van der Waals surface area contributed by atoms with Crippen LogP contribution in [0.25, 0.3) is 0 Å². The predicted molar refractivity (Wildman–Crippen MR) is 70.3 cm³/mol. The van der Waals surface area contributed by atoms with Crippen molar-refractivity contribution in [1.82, 2.24) is 14.9 Å². The summed E-state index contributed by atoms with van der Waals surface area (Å²) in [7, 11) is 0. The summed E-state index contributed by atoms with van der Waals surface area (Å²) in [4.78, 5) is 13.7. The zero-order valence-corrected chi connectivity index (χ0v) is 11.1. The van der Waals surface area contributed by atoms with Gasteiger partial charge in [-0.1, -0.05) is 13.8 Å². The van der Waals surface area contributed by atoms with Crippen molar-refractivity contribution in [2.75, 3.05) is 31.1 Å². The first-order chi connectivity index (χ1) is 8.24. The van der Waals surface area contributed by atoms with Crippen LogP contribution >= 0.6 is 0 Å². The minimum atomic E-state index is 0.581. The van der Waals surface area contributed by atoms with Crippen molar-refractivity contribution in [3.05, 3.63) is 18.1 Å². The van der Waals surface area contributed by atoms with Gasteiger partial charge in [-0.3, -0.25) is 4.90 Å². The molecule has 2 rings (SSSR count). The van der Waals surface area contributed by atoms with E-state index in [4.69, 9.17) is 0 Å². The molecule has 1 fully saturated rings. The second kappa shape index (κ2) is 5.45. The van der Waals surface area contributed by atoms with Crippen LogP contribution in [-0.2, 0) is 0 Å². The summed E-state index contributed by atoms with van der Waals surface area (Å²) in [6, 6.07) is 2.61. The Morgan fingerprint density at radius 2 is 2.18 bits per heavy atom. The normalized spacial score (nSPS) is 21.8. The Morgan fingerprint density at radius 3 is 2.82 bits per heavy atom. The Balaban J connectivity index is 2.15. The summed E-state index contributed by atoms with van der Waals surface area (Å²) < 4.78 is 0. The van der Waals surface area contributed by atoms with E-state index in [0.717, 1.165) is 37.8 Å². The summed E-state index contributed by atoms with van der Waals surface area (Å²) in [5, 5.41) is 0. The van der Waals surface area contributed by atoms with Crippen LogP contribution in [0.4, 0.5) is 5.82 Å². The second-order valence-corrected chi connectivity index (χ2v) is 4.61. The maximum atomic E-state index is 4.54. The third kappa shape index (κ3) is 2.75. The number of rotatable bonds is 3. The molecule has 1 aliphatic rings. The van der Waals surface area contributed by atoms with Crippen LogP contribution in [0.5, 0.6) is 0 Å². The summed E-state index contributed by atoms with van der Waals surface area (Å²) in [5.41, 5.74) is 0. The number of aryl methyl sites for hydroxylation is 1. The van der Waals surface area contributed by atoms with Crippen molar-refractivity contribution >= 4 is 5.82 Å². The Kier molecular flexibility index (Phi) is 3.94. The highest BCUT2D eigenvalue weighted by atomic mass is 15.3. The number of nitrogens with zero attached hydrogens (tertiary/aromatic N) is 4. The second-order valence-electron chi connectivity index (χ2n) is 4.61. The maximum Gasteiger partial charge on any atom is 0.132 e. The largest absolute Gasteiger partial charge is 0.351 e. The topological polar surface area (TPSA) is 32.3 Å². The highest BCUT2D eigenvalue weighted by molar-refractivity contribution is 5.39. The van der Waals surface area contributed by atoms with Crippen LogP contribution in [0.3, 0.4) is 0 Å². The highest BCUT2D eigenvalue weighted by Gasteiger charge is 2.25. The van der Waals surface area contributed by atoms with Gasteiger partial charge in [0.05, 0.1) is 0 Å². The van der Waals surface area contributed by atoms with Gasteiger partial charge in [0.25, 0.3) is 0 Å². The number of aromatic nitrogens is 2. The zero-order valence-electron chi connectivity index (χ0n) is 11.1. The summed E-state index contributed by atoms with van der Waals surface area (Å²) in [6.07, 6.45) is 3.02. The van der Waals surface area contributed by atoms with E-state index in [0.29, 0.717) is 6.04 Å². The molecule has 0 unspecified atom stereocenters. The van der Waals surface area contributed by atoms with E-state index in [1.165, 1.54) is 6.42 Å². The van der Waals surface area contributed by atoms with Crippen molar-refractivity contribution < 1.29 is 0 Å². The van der Waals surface area contributed by atoms with Crippen molar-refractivity contribution in [2.24, 2.45) is 0 Å². The van der Waals surface area contributed by atoms with E-state index in [1.54, 1.807) is 0 Å². The molecular weight excluding hydrogens is 212 g/mol. The summed E-state index contributed by atoms with van der Waals surface area (Å²) >= 11 is 0. The molecular formula is C13H22N4. The van der Waals surface area contributed by atoms with Crippen molar-refractivity contribution in [2.45, 2.75) is 33.2 Å². The molecule has 4 nitrogen and oxygen atoms in total. The van der Waals surface area contributed by atoms with Gasteiger partial charge < -0.3 is 4.90 Å². The molecule has 0 spiro atoms. The van der Waals surface area contributed by atoms with Gasteiger partial charge in [-0.05, 0) is 26.0 Å². The van der Waals surface area contributed by atoms with Gasteiger partial charge in [0.1, 0.15) is 11.6 Å². The molecule has 0 radical (unpaired) electrons. The van der Waals surface area contributed by atoms with Gasteiger partial charge in [0.2, 0.25) is 0 Å². The van der Waals surface area contributed by atoms with E-state index in [9.17, 15) is 0 Å². The van der Waals surface area contributed by atoms with Crippen LogP contribution in [0.1, 0.15) is 26.1 Å². The Bertz CT molecular complexity index is 366. The predicted octanol–water partition coefficient (Wildman–Crippen LogP) is 1.71. The molecule has 0 aromatic carbocycles. The molecule has 4 heteroatoms. The van der Waals surface area contributed by atoms with Crippen molar-refractivity contribution in [1.29, 1.82) is 0 Å². The average Bonchev–Trinajstić information content (AvgIpc) is 2.38. The molecule has 1 aromatic heterocycles. The fourth-order valence-electron chi connectivity index (χ4n) is 2.46. The van der Waals surface area contributed by atoms with Gasteiger partial charge in [-0.15, -0.1) is 0 Å². The van der Waals surface area contributed by atoms with E-state index in [-0.39, 0.29) is 0 Å². The van der Waals surface area contributed by atoms with E-state index < -0.39 is 0 Å². The lowest BCUT2D eigenvalue weighted by Crippen LogP contribution is -2.53. The molecule has 1 atom stereocenters. The molecule has 0 aliphatic carbocycles. The number of hydrogen-bond acceptors (Lipinski definition) is 4. The number of likely N-dealkylation sites (N-methyl/N-ethyl adjacent to an activating group) is 1. The van der Waals surface area contributed by atoms with Crippen LogP contribution in [-0.4, -0.2) is 47.1 Å². The summed E-state index contributed by atoms with van der Waals surface area (Å²) in [6.45, 7) is 10.9. The molecule has 1 saturated heterocycles. The fourth-order valence-corrected chi connectivity index (χ4v) is 2.46. The van der Waals surface area contributed by atoms with Crippen LogP contribution in [0, 0.1) is 6.92 Å². The first-order valence-electron chi connectivity index (χ1n) is 6.53. The lowest BCUT2D eigenvalue weighted by atomic mass is 10.1. The third-order valence-electron chi connectivity index (χ3n) is 3.54. The lowest BCUT2D eigenvalue weighted by molar-refractivity contribution is 0.229. The Hall–Kier alpha value is -1.16. The van der Waals surface area contributed by atoms with E-state index >= 15 is 0 Å². The van der Waals surface area contributed by atoms with Crippen LogP contribution in [0.2, 0.25) is 0 Å².